The summed E-state index contributed by atoms with van der Waals surface area (Å²) in [4.78, 5) is 24.3. The molecule has 1 N–H and O–H groups in total. The first-order valence-electron chi connectivity index (χ1n) is 12.9. The topological polar surface area (TPSA) is 64.6 Å². The number of esters is 1. The average molecular weight is 442 g/mol. The molecule has 0 radical (unpaired) electrons. The van der Waals surface area contributed by atoms with E-state index in [1.807, 2.05) is 27.7 Å². The third-order valence-corrected chi connectivity index (χ3v) is 5.54. The highest BCUT2D eigenvalue weighted by Crippen LogP contribution is 2.21. The van der Waals surface area contributed by atoms with Crippen molar-refractivity contribution < 1.29 is 19.1 Å². The van der Waals surface area contributed by atoms with Crippen molar-refractivity contribution in [3.05, 3.63) is 0 Å². The van der Waals surface area contributed by atoms with Gasteiger partial charge in [-0.3, -0.25) is 0 Å². The van der Waals surface area contributed by atoms with Crippen LogP contribution in [0.1, 0.15) is 131 Å². The van der Waals surface area contributed by atoms with Crippen LogP contribution in [0.2, 0.25) is 0 Å². The van der Waals surface area contributed by atoms with Crippen LogP contribution in [-0.2, 0) is 14.3 Å². The Kier molecular flexibility index (Phi) is 18.6. The lowest BCUT2D eigenvalue weighted by atomic mass is 9.87. The molecule has 1 amide bonds. The SMILES string of the molecule is CCCCCCCCCCCCCCCCOC(=O)C(NC(=O)OCCC)C(C)(C)C. The van der Waals surface area contributed by atoms with E-state index in [0.29, 0.717) is 13.2 Å². The first-order valence-corrected chi connectivity index (χ1v) is 12.9. The van der Waals surface area contributed by atoms with E-state index in [0.717, 1.165) is 19.3 Å². The average Bonchev–Trinajstić information content (AvgIpc) is 2.72. The fourth-order valence-corrected chi connectivity index (χ4v) is 3.54. The molecule has 0 aliphatic rings. The predicted octanol–water partition coefficient (Wildman–Crippen LogP) is 7.56. The number of alkyl carbamates (subject to hydrolysis) is 1. The standard InChI is InChI=1S/C26H51NO4/c1-6-8-9-10-11-12-13-14-15-16-17-18-19-20-22-30-24(28)23(26(3,4)5)27-25(29)31-21-7-2/h23H,6-22H2,1-5H3,(H,27,29). The lowest BCUT2D eigenvalue weighted by Gasteiger charge is -2.29. The van der Waals surface area contributed by atoms with Crippen molar-refractivity contribution in [2.24, 2.45) is 5.41 Å². The minimum absolute atomic E-state index is 0.344. The van der Waals surface area contributed by atoms with Gasteiger partial charge in [0.15, 0.2) is 0 Å². The molecule has 0 aromatic carbocycles. The van der Waals surface area contributed by atoms with Gasteiger partial charge in [0.05, 0.1) is 13.2 Å². The van der Waals surface area contributed by atoms with Gasteiger partial charge in [-0.1, -0.05) is 118 Å². The summed E-state index contributed by atoms with van der Waals surface area (Å²) in [5.41, 5.74) is -0.433. The van der Waals surface area contributed by atoms with E-state index < -0.39 is 17.6 Å². The van der Waals surface area contributed by atoms with Crippen molar-refractivity contribution in [2.75, 3.05) is 13.2 Å². The first-order chi connectivity index (χ1) is 14.8. The highest BCUT2D eigenvalue weighted by atomic mass is 16.6. The fraction of sp³-hybridized carbons (Fsp3) is 0.923. The van der Waals surface area contributed by atoms with Gasteiger partial charge in [0, 0.05) is 0 Å². The van der Waals surface area contributed by atoms with E-state index in [-0.39, 0.29) is 5.97 Å². The Balaban J connectivity index is 3.72. The summed E-state index contributed by atoms with van der Waals surface area (Å²) < 4.78 is 10.5. The maximum atomic E-state index is 12.4. The molecule has 1 atom stereocenters. The summed E-state index contributed by atoms with van der Waals surface area (Å²) in [5, 5.41) is 2.66. The van der Waals surface area contributed by atoms with Gasteiger partial charge in [-0.2, -0.15) is 0 Å². The lowest BCUT2D eigenvalue weighted by molar-refractivity contribution is -0.149. The Labute approximate surface area is 192 Å². The maximum absolute atomic E-state index is 12.4. The predicted molar refractivity (Wildman–Crippen MR) is 129 cm³/mol. The Morgan fingerprint density at radius 3 is 1.52 bits per heavy atom. The molecule has 0 bridgehead atoms. The zero-order valence-electron chi connectivity index (χ0n) is 21.2. The lowest BCUT2D eigenvalue weighted by Crippen LogP contribution is -2.50. The fourth-order valence-electron chi connectivity index (χ4n) is 3.54. The highest BCUT2D eigenvalue weighted by molar-refractivity contribution is 5.82. The maximum Gasteiger partial charge on any atom is 0.407 e. The van der Waals surface area contributed by atoms with E-state index in [9.17, 15) is 9.59 Å². The van der Waals surface area contributed by atoms with Crippen molar-refractivity contribution in [1.82, 2.24) is 5.32 Å². The highest BCUT2D eigenvalue weighted by Gasteiger charge is 2.34. The van der Waals surface area contributed by atoms with Crippen LogP contribution in [0.15, 0.2) is 0 Å². The van der Waals surface area contributed by atoms with Gasteiger partial charge in [-0.25, -0.2) is 9.59 Å². The zero-order valence-corrected chi connectivity index (χ0v) is 21.2. The quantitative estimate of drug-likeness (QED) is 0.166. The van der Waals surface area contributed by atoms with Crippen molar-refractivity contribution in [1.29, 1.82) is 0 Å². The summed E-state index contributed by atoms with van der Waals surface area (Å²) in [6, 6.07) is -0.705. The smallest absolute Gasteiger partial charge is 0.407 e. The Morgan fingerprint density at radius 2 is 1.10 bits per heavy atom. The van der Waals surface area contributed by atoms with Crippen LogP contribution in [0, 0.1) is 5.41 Å². The molecule has 5 nitrogen and oxygen atoms in total. The third-order valence-electron chi connectivity index (χ3n) is 5.54. The molecule has 0 rings (SSSR count). The molecule has 184 valence electrons. The molecule has 1 unspecified atom stereocenters. The van der Waals surface area contributed by atoms with Gasteiger partial charge in [0.2, 0.25) is 0 Å². The summed E-state index contributed by atoms with van der Waals surface area (Å²) in [6.07, 6.45) is 18.3. The molecular weight excluding hydrogens is 390 g/mol. The summed E-state index contributed by atoms with van der Waals surface area (Å²) in [5.74, 6) is -0.379. The van der Waals surface area contributed by atoms with Crippen molar-refractivity contribution in [3.63, 3.8) is 0 Å². The second-order valence-corrected chi connectivity index (χ2v) is 9.84. The number of unbranched alkanes of at least 4 members (excludes halogenated alkanes) is 13. The van der Waals surface area contributed by atoms with E-state index in [2.05, 4.69) is 12.2 Å². The van der Waals surface area contributed by atoms with E-state index in [1.54, 1.807) is 0 Å². The van der Waals surface area contributed by atoms with Crippen LogP contribution in [0.25, 0.3) is 0 Å². The van der Waals surface area contributed by atoms with Crippen molar-refractivity contribution >= 4 is 12.1 Å². The molecule has 0 heterocycles. The monoisotopic (exact) mass is 441 g/mol. The first kappa shape index (κ1) is 29.7. The molecule has 31 heavy (non-hydrogen) atoms. The van der Waals surface area contributed by atoms with Gasteiger partial charge in [0.1, 0.15) is 6.04 Å². The van der Waals surface area contributed by atoms with Gasteiger partial charge in [-0.05, 0) is 18.3 Å². The van der Waals surface area contributed by atoms with Crippen LogP contribution < -0.4 is 5.32 Å². The van der Waals surface area contributed by atoms with Gasteiger partial charge in [0.25, 0.3) is 0 Å². The number of carbonyl (C=O) groups excluding carboxylic acids is 2. The number of ether oxygens (including phenoxy) is 2. The molecule has 0 aromatic rings. The molecule has 0 saturated heterocycles. The second-order valence-electron chi connectivity index (χ2n) is 9.84. The third kappa shape index (κ3) is 18.1. The van der Waals surface area contributed by atoms with Crippen LogP contribution >= 0.6 is 0 Å². The van der Waals surface area contributed by atoms with Crippen LogP contribution in [0.3, 0.4) is 0 Å². The number of carbonyl (C=O) groups is 2. The zero-order chi connectivity index (χ0) is 23.4. The van der Waals surface area contributed by atoms with Crippen molar-refractivity contribution in [3.8, 4) is 0 Å². The second kappa shape index (κ2) is 19.4. The van der Waals surface area contributed by atoms with Gasteiger partial charge >= 0.3 is 12.1 Å². The summed E-state index contributed by atoms with van der Waals surface area (Å²) >= 11 is 0. The Hall–Kier alpha value is -1.26. The molecule has 0 spiro atoms. The number of hydrogen-bond acceptors (Lipinski definition) is 4. The number of nitrogens with one attached hydrogen (secondary N) is 1. The number of amides is 1. The Morgan fingerprint density at radius 1 is 0.645 bits per heavy atom. The number of rotatable bonds is 19. The molecule has 5 heteroatoms. The normalized spacial score (nSPS) is 12.4. The van der Waals surface area contributed by atoms with E-state index in [1.165, 1.54) is 77.0 Å². The molecule has 0 saturated carbocycles. The molecule has 0 aliphatic carbocycles. The minimum Gasteiger partial charge on any atom is -0.464 e. The molecule has 0 fully saturated rings. The van der Waals surface area contributed by atoms with Crippen molar-refractivity contribution in [2.45, 2.75) is 137 Å². The largest absolute Gasteiger partial charge is 0.464 e. The van der Waals surface area contributed by atoms with Gasteiger partial charge < -0.3 is 14.8 Å². The van der Waals surface area contributed by atoms with E-state index in [4.69, 9.17) is 9.47 Å². The summed E-state index contributed by atoms with van der Waals surface area (Å²) in [6.45, 7) is 10.7. The van der Waals surface area contributed by atoms with Gasteiger partial charge in [-0.15, -0.1) is 0 Å². The summed E-state index contributed by atoms with van der Waals surface area (Å²) in [7, 11) is 0. The van der Waals surface area contributed by atoms with Crippen LogP contribution in [0.5, 0.6) is 0 Å². The number of hydrogen-bond donors (Lipinski definition) is 1. The molecule has 0 aliphatic heterocycles. The molecular formula is C26H51NO4. The minimum atomic E-state index is -0.705. The molecule has 0 aromatic heterocycles. The Bertz CT molecular complexity index is 445. The van der Waals surface area contributed by atoms with E-state index >= 15 is 0 Å². The van der Waals surface area contributed by atoms with Crippen LogP contribution in [-0.4, -0.2) is 31.3 Å². The van der Waals surface area contributed by atoms with Crippen LogP contribution in [0.4, 0.5) is 4.79 Å².